The summed E-state index contributed by atoms with van der Waals surface area (Å²) < 4.78 is 17.9. The van der Waals surface area contributed by atoms with Gasteiger partial charge in [-0.15, -0.1) is 0 Å². The highest BCUT2D eigenvalue weighted by molar-refractivity contribution is 5.86. The van der Waals surface area contributed by atoms with Gasteiger partial charge in [0.2, 0.25) is 5.91 Å². The van der Waals surface area contributed by atoms with Crippen LogP contribution in [0.3, 0.4) is 0 Å². The highest BCUT2D eigenvalue weighted by Crippen LogP contribution is 2.18. The first-order valence-electron chi connectivity index (χ1n) is 7.37. The van der Waals surface area contributed by atoms with Gasteiger partial charge in [-0.1, -0.05) is 12.1 Å². The summed E-state index contributed by atoms with van der Waals surface area (Å²) in [5.41, 5.74) is 0.472. The highest BCUT2D eigenvalue weighted by Gasteiger charge is 2.24. The van der Waals surface area contributed by atoms with Gasteiger partial charge in [0, 0.05) is 13.1 Å². The van der Waals surface area contributed by atoms with Crippen molar-refractivity contribution in [2.75, 3.05) is 20.2 Å². The summed E-state index contributed by atoms with van der Waals surface area (Å²) in [4.78, 5) is 36.2. The average Bonchev–Trinajstić information content (AvgIpc) is 3.28. The Balaban J connectivity index is 1.69. The quantitative estimate of drug-likeness (QED) is 0.748. The lowest BCUT2D eigenvalue weighted by molar-refractivity contribution is -0.151. The number of ether oxygens (including phenoxy) is 1. The molecule has 0 spiro atoms. The third-order valence-corrected chi connectivity index (χ3v) is 3.34. The van der Waals surface area contributed by atoms with E-state index < -0.39 is 24.3 Å². The zero-order valence-corrected chi connectivity index (χ0v) is 12.9. The van der Waals surface area contributed by atoms with Crippen LogP contribution in [-0.2, 0) is 25.5 Å². The summed E-state index contributed by atoms with van der Waals surface area (Å²) in [5.74, 6) is -1.76. The third kappa shape index (κ3) is 6.06. The molecule has 0 aliphatic heterocycles. The molecule has 0 radical (unpaired) electrons. The lowest BCUT2D eigenvalue weighted by Crippen LogP contribution is -2.40. The van der Waals surface area contributed by atoms with Gasteiger partial charge >= 0.3 is 5.97 Å². The first-order chi connectivity index (χ1) is 10.9. The van der Waals surface area contributed by atoms with E-state index in [1.807, 2.05) is 0 Å². The van der Waals surface area contributed by atoms with Crippen LogP contribution in [0.1, 0.15) is 18.4 Å². The van der Waals surface area contributed by atoms with Crippen LogP contribution in [0.15, 0.2) is 24.3 Å². The fourth-order valence-electron chi connectivity index (χ4n) is 1.92. The van der Waals surface area contributed by atoms with Gasteiger partial charge in [0.15, 0.2) is 6.61 Å². The minimum atomic E-state index is -0.625. The predicted octanol–water partition coefficient (Wildman–Crippen LogP) is 0.648. The summed E-state index contributed by atoms with van der Waals surface area (Å²) in [6.07, 6.45) is 1.83. The fourth-order valence-corrected chi connectivity index (χ4v) is 1.92. The van der Waals surface area contributed by atoms with Crippen molar-refractivity contribution in [3.8, 4) is 0 Å². The molecule has 1 aliphatic carbocycles. The molecule has 1 N–H and O–H groups in total. The van der Waals surface area contributed by atoms with Crippen LogP contribution in [0.4, 0.5) is 4.39 Å². The number of nitrogens with one attached hydrogen (secondary N) is 1. The van der Waals surface area contributed by atoms with Crippen LogP contribution < -0.4 is 5.32 Å². The summed E-state index contributed by atoms with van der Waals surface area (Å²) >= 11 is 0. The molecule has 2 amide bonds. The van der Waals surface area contributed by atoms with Crippen LogP contribution in [0, 0.1) is 5.82 Å². The summed E-state index contributed by atoms with van der Waals surface area (Å²) in [5, 5.41) is 2.77. The van der Waals surface area contributed by atoms with Gasteiger partial charge in [0.1, 0.15) is 5.82 Å². The molecular weight excluding hydrogens is 303 g/mol. The Morgan fingerprint density at radius 2 is 2.09 bits per heavy atom. The molecule has 6 nitrogen and oxygen atoms in total. The van der Waals surface area contributed by atoms with E-state index in [2.05, 4.69) is 5.32 Å². The number of nitrogens with zero attached hydrogens (tertiary/aromatic N) is 1. The smallest absolute Gasteiger partial charge is 0.310 e. The van der Waals surface area contributed by atoms with Gasteiger partial charge in [-0.25, -0.2) is 4.39 Å². The van der Waals surface area contributed by atoms with E-state index in [0.29, 0.717) is 5.56 Å². The van der Waals surface area contributed by atoms with Crippen LogP contribution in [0.5, 0.6) is 0 Å². The fraction of sp³-hybridized carbons (Fsp3) is 0.438. The molecule has 1 aromatic rings. The van der Waals surface area contributed by atoms with Crippen LogP contribution in [-0.4, -0.2) is 48.9 Å². The van der Waals surface area contributed by atoms with Gasteiger partial charge in [-0.2, -0.15) is 0 Å². The van der Waals surface area contributed by atoms with Crippen molar-refractivity contribution in [1.82, 2.24) is 10.2 Å². The number of esters is 1. The van der Waals surface area contributed by atoms with E-state index in [1.54, 1.807) is 6.07 Å². The second-order valence-corrected chi connectivity index (χ2v) is 5.56. The molecule has 0 aromatic heterocycles. The van der Waals surface area contributed by atoms with E-state index in [1.165, 1.54) is 30.1 Å². The molecule has 124 valence electrons. The van der Waals surface area contributed by atoms with E-state index in [-0.39, 0.29) is 24.9 Å². The van der Waals surface area contributed by atoms with Crippen molar-refractivity contribution in [1.29, 1.82) is 0 Å². The number of halogens is 1. The lowest BCUT2D eigenvalue weighted by atomic mass is 10.1. The Hall–Kier alpha value is -2.44. The summed E-state index contributed by atoms with van der Waals surface area (Å²) in [7, 11) is 1.47. The zero-order valence-electron chi connectivity index (χ0n) is 12.9. The van der Waals surface area contributed by atoms with Gasteiger partial charge < -0.3 is 15.0 Å². The molecule has 23 heavy (non-hydrogen) atoms. The van der Waals surface area contributed by atoms with Crippen LogP contribution >= 0.6 is 0 Å². The maximum atomic E-state index is 13.0. The largest absolute Gasteiger partial charge is 0.455 e. The molecule has 1 saturated carbocycles. The Bertz CT molecular complexity index is 601. The number of carbonyl (C=O) groups excluding carboxylic acids is 3. The second-order valence-electron chi connectivity index (χ2n) is 5.56. The van der Waals surface area contributed by atoms with Crippen molar-refractivity contribution in [2.45, 2.75) is 25.3 Å². The molecule has 1 fully saturated rings. The standard InChI is InChI=1S/C16H19FN2O4/c1-19(9-14(20)18-13-5-6-13)15(21)10-23-16(22)8-11-3-2-4-12(17)7-11/h2-4,7,13H,5-6,8-10H2,1H3,(H,18,20). The predicted molar refractivity (Wildman–Crippen MR) is 79.9 cm³/mol. The number of rotatable bonds is 7. The van der Waals surface area contributed by atoms with Crippen molar-refractivity contribution in [3.05, 3.63) is 35.6 Å². The maximum absolute atomic E-state index is 13.0. The second kappa shape index (κ2) is 7.71. The van der Waals surface area contributed by atoms with E-state index in [9.17, 15) is 18.8 Å². The van der Waals surface area contributed by atoms with Crippen LogP contribution in [0.25, 0.3) is 0 Å². The van der Waals surface area contributed by atoms with Gasteiger partial charge in [-0.3, -0.25) is 14.4 Å². The first kappa shape index (κ1) is 16.9. The topological polar surface area (TPSA) is 75.7 Å². The summed E-state index contributed by atoms with van der Waals surface area (Å²) in [6, 6.07) is 5.84. The molecular formula is C16H19FN2O4. The number of hydrogen-bond donors (Lipinski definition) is 1. The van der Waals surface area contributed by atoms with Gasteiger partial charge in [0.25, 0.3) is 5.91 Å². The normalized spacial score (nSPS) is 13.3. The van der Waals surface area contributed by atoms with Crippen LogP contribution in [0.2, 0.25) is 0 Å². The third-order valence-electron chi connectivity index (χ3n) is 3.34. The SMILES string of the molecule is CN(CC(=O)NC1CC1)C(=O)COC(=O)Cc1cccc(F)c1. The maximum Gasteiger partial charge on any atom is 0.310 e. The van der Waals surface area contributed by atoms with Gasteiger partial charge in [-0.05, 0) is 30.5 Å². The number of likely N-dealkylation sites (N-methyl/N-ethyl adjacent to an activating group) is 1. The van der Waals surface area contributed by atoms with E-state index in [4.69, 9.17) is 4.74 Å². The zero-order chi connectivity index (χ0) is 16.8. The molecule has 0 bridgehead atoms. The van der Waals surface area contributed by atoms with Crippen molar-refractivity contribution >= 4 is 17.8 Å². The monoisotopic (exact) mass is 322 g/mol. The Morgan fingerprint density at radius 1 is 1.35 bits per heavy atom. The molecule has 0 saturated heterocycles. The minimum absolute atomic E-state index is 0.0726. The van der Waals surface area contributed by atoms with E-state index >= 15 is 0 Å². The Morgan fingerprint density at radius 3 is 2.74 bits per heavy atom. The Kier molecular flexibility index (Phi) is 5.67. The molecule has 7 heteroatoms. The van der Waals surface area contributed by atoms with Crippen molar-refractivity contribution in [2.24, 2.45) is 0 Å². The Labute approximate surface area is 133 Å². The van der Waals surface area contributed by atoms with Gasteiger partial charge in [0.05, 0.1) is 13.0 Å². The first-order valence-corrected chi connectivity index (χ1v) is 7.37. The highest BCUT2D eigenvalue weighted by atomic mass is 19.1. The molecule has 2 rings (SSSR count). The number of hydrogen-bond acceptors (Lipinski definition) is 4. The summed E-state index contributed by atoms with van der Waals surface area (Å²) in [6.45, 7) is -0.516. The number of carbonyl (C=O) groups is 3. The molecule has 0 atom stereocenters. The van der Waals surface area contributed by atoms with Crippen molar-refractivity contribution in [3.63, 3.8) is 0 Å². The molecule has 1 aromatic carbocycles. The average molecular weight is 322 g/mol. The molecule has 1 aliphatic rings. The number of benzene rings is 1. The molecule has 0 unspecified atom stereocenters. The minimum Gasteiger partial charge on any atom is -0.455 e. The van der Waals surface area contributed by atoms with E-state index in [0.717, 1.165) is 12.8 Å². The number of amides is 2. The van der Waals surface area contributed by atoms with Crippen molar-refractivity contribution < 1.29 is 23.5 Å². The molecule has 0 heterocycles. The lowest BCUT2D eigenvalue weighted by Gasteiger charge is -2.16.